The molecule has 0 saturated carbocycles. The average Bonchev–Trinajstić information content (AvgIpc) is 3.43. The molecule has 0 aromatic heterocycles. The molecule has 8 nitrogen and oxygen atoms in total. The highest BCUT2D eigenvalue weighted by atomic mass is 16.7. The first-order valence-corrected chi connectivity index (χ1v) is 10.0. The zero-order chi connectivity index (χ0) is 20.8. The van der Waals surface area contributed by atoms with E-state index in [0.29, 0.717) is 28.5 Å². The Morgan fingerprint density at radius 2 is 2.00 bits per heavy atom. The molecule has 30 heavy (non-hydrogen) atoms. The van der Waals surface area contributed by atoms with Gasteiger partial charge in [-0.15, -0.1) is 0 Å². The van der Waals surface area contributed by atoms with E-state index in [1.165, 1.54) is 0 Å². The number of carbonyl (C=O) groups excluding carboxylic acids is 2. The fourth-order valence-corrected chi connectivity index (χ4v) is 4.56. The maximum atomic E-state index is 12.5. The van der Waals surface area contributed by atoms with Gasteiger partial charge in [0, 0.05) is 31.1 Å². The summed E-state index contributed by atoms with van der Waals surface area (Å²) in [5, 5.41) is 2.97. The van der Waals surface area contributed by atoms with Gasteiger partial charge in [-0.2, -0.15) is 0 Å². The van der Waals surface area contributed by atoms with Crippen LogP contribution in [-0.2, 0) is 4.79 Å². The molecule has 1 fully saturated rings. The van der Waals surface area contributed by atoms with E-state index in [2.05, 4.69) is 10.2 Å². The van der Waals surface area contributed by atoms with Gasteiger partial charge >= 0.3 is 0 Å². The first kappa shape index (κ1) is 18.6. The van der Waals surface area contributed by atoms with Crippen molar-refractivity contribution in [3.8, 4) is 17.2 Å². The summed E-state index contributed by atoms with van der Waals surface area (Å²) >= 11 is 0. The quantitative estimate of drug-likeness (QED) is 0.805. The third-order valence-corrected chi connectivity index (χ3v) is 6.00. The van der Waals surface area contributed by atoms with Gasteiger partial charge in [0.05, 0.1) is 18.4 Å². The average molecular weight is 409 g/mol. The number of carbonyl (C=O) groups is 2. The van der Waals surface area contributed by atoms with Gasteiger partial charge < -0.3 is 30.2 Å². The molecule has 2 amide bonds. The topological polar surface area (TPSA) is 103 Å². The first-order valence-electron chi connectivity index (χ1n) is 10.0. The molecule has 0 radical (unpaired) electrons. The van der Waals surface area contributed by atoms with Crippen LogP contribution in [0.15, 0.2) is 24.3 Å². The Balaban J connectivity index is 1.64. The molecule has 3 aliphatic heterocycles. The van der Waals surface area contributed by atoms with Gasteiger partial charge in [0.1, 0.15) is 0 Å². The number of hydrogen-bond acceptors (Lipinski definition) is 6. The summed E-state index contributed by atoms with van der Waals surface area (Å²) in [5.41, 5.74) is 9.41. The number of nitrogens with zero attached hydrogens (tertiary/aromatic N) is 1. The number of benzene rings is 2. The summed E-state index contributed by atoms with van der Waals surface area (Å²) in [6, 6.07) is 7.44. The molecule has 3 heterocycles. The molecule has 5 rings (SSSR count). The third-order valence-electron chi connectivity index (χ3n) is 6.00. The number of anilines is 2. The van der Waals surface area contributed by atoms with E-state index >= 15 is 0 Å². The number of nitrogens with one attached hydrogen (secondary N) is 1. The van der Waals surface area contributed by atoms with Crippen molar-refractivity contribution in [1.29, 1.82) is 0 Å². The molecule has 1 atom stereocenters. The summed E-state index contributed by atoms with van der Waals surface area (Å²) in [7, 11) is 1.57. The zero-order valence-corrected chi connectivity index (χ0v) is 16.7. The lowest BCUT2D eigenvalue weighted by atomic mass is 9.83. The van der Waals surface area contributed by atoms with Gasteiger partial charge in [0.2, 0.25) is 18.4 Å². The SMILES string of the molecule is COc1cc(C2CC(=O)Nc3cc(N4CCCC4)c(C(N)=O)cc32)cc2c1OCO2. The Labute approximate surface area is 173 Å². The van der Waals surface area contributed by atoms with Crippen molar-refractivity contribution in [1.82, 2.24) is 0 Å². The van der Waals surface area contributed by atoms with E-state index in [1.54, 1.807) is 7.11 Å². The lowest BCUT2D eigenvalue weighted by molar-refractivity contribution is -0.116. The minimum atomic E-state index is -0.474. The number of fused-ring (bicyclic) bond motifs is 2. The highest BCUT2D eigenvalue weighted by Gasteiger charge is 2.32. The van der Waals surface area contributed by atoms with Crippen LogP contribution >= 0.6 is 0 Å². The predicted molar refractivity (Wildman–Crippen MR) is 111 cm³/mol. The second kappa shape index (κ2) is 7.12. The third kappa shape index (κ3) is 2.99. The monoisotopic (exact) mass is 409 g/mol. The smallest absolute Gasteiger partial charge is 0.250 e. The lowest BCUT2D eigenvalue weighted by Crippen LogP contribution is -2.27. The largest absolute Gasteiger partial charge is 0.493 e. The van der Waals surface area contributed by atoms with Crippen LogP contribution in [0.2, 0.25) is 0 Å². The molecule has 1 saturated heterocycles. The highest BCUT2D eigenvalue weighted by Crippen LogP contribution is 2.47. The Bertz CT molecular complexity index is 1050. The lowest BCUT2D eigenvalue weighted by Gasteiger charge is -2.30. The molecule has 0 bridgehead atoms. The Morgan fingerprint density at radius 1 is 1.20 bits per heavy atom. The first-order chi connectivity index (χ1) is 14.5. The Morgan fingerprint density at radius 3 is 2.73 bits per heavy atom. The van der Waals surface area contributed by atoms with Gasteiger partial charge in [-0.05, 0) is 48.2 Å². The molecule has 8 heteroatoms. The van der Waals surface area contributed by atoms with Crippen molar-refractivity contribution in [2.24, 2.45) is 5.73 Å². The molecular weight excluding hydrogens is 386 g/mol. The van der Waals surface area contributed by atoms with Crippen molar-refractivity contribution < 1.29 is 23.8 Å². The van der Waals surface area contributed by atoms with E-state index < -0.39 is 5.91 Å². The van der Waals surface area contributed by atoms with Crippen molar-refractivity contribution >= 4 is 23.2 Å². The number of methoxy groups -OCH3 is 1. The number of nitrogens with two attached hydrogens (primary N) is 1. The molecule has 0 aliphatic carbocycles. The van der Waals surface area contributed by atoms with Crippen LogP contribution in [0.1, 0.15) is 46.7 Å². The van der Waals surface area contributed by atoms with Crippen molar-refractivity contribution in [2.45, 2.75) is 25.2 Å². The van der Waals surface area contributed by atoms with Crippen LogP contribution in [0.3, 0.4) is 0 Å². The molecule has 2 aromatic rings. The standard InChI is InChI=1S/C22H23N3O5/c1-28-18-6-12(7-19-21(18)30-11-29-19)13-9-20(26)24-16-10-17(25-4-2-3-5-25)15(22(23)27)8-14(13)16/h6-8,10,13H,2-5,9,11H2,1H3,(H2,23,27)(H,24,26). The summed E-state index contributed by atoms with van der Waals surface area (Å²) in [6.45, 7) is 1.87. The van der Waals surface area contributed by atoms with Gasteiger partial charge in [-0.3, -0.25) is 9.59 Å². The van der Waals surface area contributed by atoms with E-state index in [1.807, 2.05) is 24.3 Å². The molecule has 1 unspecified atom stereocenters. The number of rotatable bonds is 4. The van der Waals surface area contributed by atoms with E-state index in [4.69, 9.17) is 19.9 Å². The molecule has 3 N–H and O–H groups in total. The summed E-state index contributed by atoms with van der Waals surface area (Å²) in [4.78, 5) is 27.0. The number of ether oxygens (including phenoxy) is 3. The normalized spacial score (nSPS) is 19.4. The van der Waals surface area contributed by atoms with Gasteiger partial charge in [-0.25, -0.2) is 0 Å². The summed E-state index contributed by atoms with van der Waals surface area (Å²) in [6.07, 6.45) is 2.39. The summed E-state index contributed by atoms with van der Waals surface area (Å²) < 4.78 is 16.5. The summed E-state index contributed by atoms with van der Waals surface area (Å²) in [5.74, 6) is 0.880. The Kier molecular flexibility index (Phi) is 4.42. The van der Waals surface area contributed by atoms with Crippen LogP contribution in [-0.4, -0.2) is 38.8 Å². The van der Waals surface area contributed by atoms with Crippen molar-refractivity contribution in [2.75, 3.05) is 37.2 Å². The second-order valence-electron chi connectivity index (χ2n) is 7.78. The predicted octanol–water partition coefficient (Wildman–Crippen LogP) is 2.60. The maximum absolute atomic E-state index is 12.5. The minimum absolute atomic E-state index is 0.0802. The van der Waals surface area contributed by atoms with Crippen molar-refractivity contribution in [3.63, 3.8) is 0 Å². The van der Waals surface area contributed by atoms with Gasteiger partial charge in [-0.1, -0.05) is 0 Å². The van der Waals surface area contributed by atoms with E-state index in [9.17, 15) is 9.59 Å². The van der Waals surface area contributed by atoms with Gasteiger partial charge in [0.15, 0.2) is 11.5 Å². The van der Waals surface area contributed by atoms with E-state index in [-0.39, 0.29) is 25.0 Å². The molecule has 2 aromatic carbocycles. The van der Waals surface area contributed by atoms with Crippen LogP contribution in [0.5, 0.6) is 17.2 Å². The number of primary amides is 1. The van der Waals surface area contributed by atoms with Gasteiger partial charge in [0.25, 0.3) is 5.91 Å². The van der Waals surface area contributed by atoms with Crippen molar-refractivity contribution in [3.05, 3.63) is 41.0 Å². The zero-order valence-electron chi connectivity index (χ0n) is 16.7. The molecule has 156 valence electrons. The molecule has 3 aliphatic rings. The van der Waals surface area contributed by atoms with Crippen LogP contribution in [0.4, 0.5) is 11.4 Å². The van der Waals surface area contributed by atoms with Crippen LogP contribution in [0.25, 0.3) is 0 Å². The maximum Gasteiger partial charge on any atom is 0.250 e. The molecular formula is C22H23N3O5. The van der Waals surface area contributed by atoms with Crippen LogP contribution < -0.4 is 30.2 Å². The number of hydrogen-bond donors (Lipinski definition) is 2. The second-order valence-corrected chi connectivity index (χ2v) is 7.78. The van der Waals surface area contributed by atoms with E-state index in [0.717, 1.165) is 42.7 Å². The highest BCUT2D eigenvalue weighted by molar-refractivity contribution is 6.03. The van der Waals surface area contributed by atoms with Crippen LogP contribution in [0, 0.1) is 0 Å². The minimum Gasteiger partial charge on any atom is -0.493 e. The molecule has 0 spiro atoms. The fourth-order valence-electron chi connectivity index (χ4n) is 4.56. The Hall–Kier alpha value is -3.42. The fraction of sp³-hybridized carbons (Fsp3) is 0.364. The number of amides is 2.